The number of hydrogen-bond donors (Lipinski definition) is 0. The highest BCUT2D eigenvalue weighted by Crippen LogP contribution is 2.44. The second-order valence-corrected chi connectivity index (χ2v) is 7.60. The molecule has 1 aliphatic carbocycles. The predicted octanol–water partition coefficient (Wildman–Crippen LogP) is 4.00. The minimum atomic E-state index is -0.411. The van der Waals surface area contributed by atoms with Crippen LogP contribution in [0.2, 0.25) is 0 Å². The summed E-state index contributed by atoms with van der Waals surface area (Å²) >= 11 is 13.3. The highest BCUT2D eigenvalue weighted by Gasteiger charge is 2.32. The zero-order chi connectivity index (χ0) is 9.52. The maximum Gasteiger partial charge on any atom is 0.206 e. The Morgan fingerprint density at radius 3 is 2.33 bits per heavy atom. The van der Waals surface area contributed by atoms with Gasteiger partial charge in [-0.1, -0.05) is 31.9 Å². The van der Waals surface area contributed by atoms with Crippen LogP contribution in [-0.4, -0.2) is 9.02 Å². The number of carbonyl (C=O) groups is 1. The quantitative estimate of drug-likeness (QED) is 0.538. The summed E-state index contributed by atoms with van der Waals surface area (Å²) in [6.45, 7) is 1.88. The molecule has 0 aromatic heterocycles. The minimum Gasteiger partial charge on any atom is -0.287 e. The fraction of sp³-hybridized carbons (Fsp3) is 0.286. The van der Waals surface area contributed by atoms with Gasteiger partial charge in [-0.2, -0.15) is 0 Å². The molecule has 0 N–H and O–H groups in total. The molecule has 12 heavy (non-hydrogen) atoms. The number of hydrogen-bond acceptors (Lipinski definition) is 1. The van der Waals surface area contributed by atoms with Crippen molar-refractivity contribution in [2.24, 2.45) is 0 Å². The third-order valence-corrected chi connectivity index (χ3v) is 4.74. The molecule has 0 saturated heterocycles. The number of Topliss-reactive ketones (excluding diaryl/α,β-unsaturated/α-hetero) is 1. The molecule has 0 saturated carbocycles. The van der Waals surface area contributed by atoms with Crippen LogP contribution >= 0.6 is 63.7 Å². The SMILES string of the molecule is CC1=C(Br)C(=O)C(Br)=CC1(Br)Br. The minimum absolute atomic E-state index is 0.0259. The van der Waals surface area contributed by atoms with E-state index in [9.17, 15) is 4.79 Å². The van der Waals surface area contributed by atoms with Crippen LogP contribution in [0.3, 0.4) is 0 Å². The van der Waals surface area contributed by atoms with E-state index in [0.717, 1.165) is 5.57 Å². The number of rotatable bonds is 0. The van der Waals surface area contributed by atoms with Crippen molar-refractivity contribution in [2.75, 3.05) is 0 Å². The average molecular weight is 424 g/mol. The van der Waals surface area contributed by atoms with Crippen molar-refractivity contribution in [3.05, 3.63) is 20.6 Å². The molecule has 0 spiro atoms. The maximum absolute atomic E-state index is 11.4. The number of carbonyl (C=O) groups excluding carboxylic acids is 1. The summed E-state index contributed by atoms with van der Waals surface area (Å²) in [5, 5.41) is 0. The van der Waals surface area contributed by atoms with Crippen LogP contribution in [0.4, 0.5) is 0 Å². The first-order valence-corrected chi connectivity index (χ1v) is 6.21. The second kappa shape index (κ2) is 3.67. The topological polar surface area (TPSA) is 17.1 Å². The summed E-state index contributed by atoms with van der Waals surface area (Å²) in [5.41, 5.74) is 0.913. The van der Waals surface area contributed by atoms with Crippen molar-refractivity contribution in [3.8, 4) is 0 Å². The van der Waals surface area contributed by atoms with Gasteiger partial charge in [0.2, 0.25) is 5.78 Å². The van der Waals surface area contributed by atoms with E-state index < -0.39 is 3.23 Å². The Kier molecular flexibility index (Phi) is 3.41. The zero-order valence-corrected chi connectivity index (χ0v) is 12.3. The summed E-state index contributed by atoms with van der Waals surface area (Å²) in [5.74, 6) is -0.0259. The lowest BCUT2D eigenvalue weighted by Gasteiger charge is -2.23. The molecule has 0 amide bonds. The summed E-state index contributed by atoms with van der Waals surface area (Å²) in [4.78, 5) is 11.4. The first-order chi connectivity index (χ1) is 5.36. The monoisotopic (exact) mass is 420 g/mol. The molecule has 1 rings (SSSR count). The standard InChI is InChI=1S/C7H4Br4O/c1-3-5(9)6(12)4(8)2-7(3,10)11/h2H,1H3. The smallest absolute Gasteiger partial charge is 0.206 e. The van der Waals surface area contributed by atoms with E-state index >= 15 is 0 Å². The molecule has 0 fully saturated rings. The Hall–Kier alpha value is 1.07. The van der Waals surface area contributed by atoms with E-state index in [1.54, 1.807) is 6.08 Å². The van der Waals surface area contributed by atoms with Crippen molar-refractivity contribution in [1.82, 2.24) is 0 Å². The number of halogens is 4. The Balaban J connectivity index is 3.24. The molecule has 0 atom stereocenters. The van der Waals surface area contributed by atoms with Crippen LogP contribution in [0.1, 0.15) is 6.92 Å². The number of alkyl halides is 2. The summed E-state index contributed by atoms with van der Waals surface area (Å²) in [6.07, 6.45) is 1.77. The Bertz CT molecular complexity index is 301. The van der Waals surface area contributed by atoms with Crippen LogP contribution in [0.5, 0.6) is 0 Å². The Morgan fingerprint density at radius 2 is 1.83 bits per heavy atom. The zero-order valence-electron chi connectivity index (χ0n) is 6.00. The van der Waals surface area contributed by atoms with Crippen molar-refractivity contribution in [3.63, 3.8) is 0 Å². The fourth-order valence-corrected chi connectivity index (χ4v) is 4.09. The summed E-state index contributed by atoms with van der Waals surface area (Å²) in [7, 11) is 0. The Labute approximate surface area is 104 Å². The number of allylic oxidation sites excluding steroid dienone is 4. The Morgan fingerprint density at radius 1 is 1.33 bits per heavy atom. The number of ketones is 1. The largest absolute Gasteiger partial charge is 0.287 e. The summed E-state index contributed by atoms with van der Waals surface area (Å²) < 4.78 is 0.727. The lowest BCUT2D eigenvalue weighted by molar-refractivity contribution is -0.111. The van der Waals surface area contributed by atoms with Gasteiger partial charge < -0.3 is 0 Å². The van der Waals surface area contributed by atoms with Gasteiger partial charge in [0, 0.05) is 0 Å². The fourth-order valence-electron chi connectivity index (χ4n) is 0.754. The first kappa shape index (κ1) is 11.1. The maximum atomic E-state index is 11.4. The molecule has 1 nitrogen and oxygen atoms in total. The van der Waals surface area contributed by atoms with Gasteiger partial charge >= 0.3 is 0 Å². The lowest BCUT2D eigenvalue weighted by atomic mass is 10.1. The molecule has 1 aliphatic rings. The third-order valence-electron chi connectivity index (χ3n) is 1.55. The van der Waals surface area contributed by atoms with Crippen LogP contribution < -0.4 is 0 Å². The van der Waals surface area contributed by atoms with Gasteiger partial charge in [-0.25, -0.2) is 0 Å². The van der Waals surface area contributed by atoms with Crippen LogP contribution in [0.15, 0.2) is 20.6 Å². The molecule has 0 unspecified atom stereocenters. The van der Waals surface area contributed by atoms with Gasteiger partial charge in [0.1, 0.15) is 3.23 Å². The van der Waals surface area contributed by atoms with Gasteiger partial charge in [0.25, 0.3) is 0 Å². The average Bonchev–Trinajstić information content (AvgIpc) is 1.97. The van der Waals surface area contributed by atoms with Crippen molar-refractivity contribution in [1.29, 1.82) is 0 Å². The van der Waals surface area contributed by atoms with Crippen molar-refractivity contribution < 1.29 is 4.79 Å². The molecule has 0 heterocycles. The van der Waals surface area contributed by atoms with Crippen molar-refractivity contribution >= 4 is 69.5 Å². The van der Waals surface area contributed by atoms with Crippen LogP contribution in [0.25, 0.3) is 0 Å². The highest BCUT2D eigenvalue weighted by atomic mass is 79.9. The molecule has 0 radical (unpaired) electrons. The van der Waals surface area contributed by atoms with Gasteiger partial charge in [-0.3, -0.25) is 4.79 Å². The van der Waals surface area contributed by atoms with Crippen LogP contribution in [0, 0.1) is 0 Å². The van der Waals surface area contributed by atoms with Gasteiger partial charge in [0.15, 0.2) is 0 Å². The van der Waals surface area contributed by atoms with Gasteiger partial charge in [-0.05, 0) is 50.4 Å². The van der Waals surface area contributed by atoms with Gasteiger partial charge in [0.05, 0.1) is 8.96 Å². The molecular formula is C7H4Br4O. The second-order valence-electron chi connectivity index (χ2n) is 2.38. The molecule has 0 aromatic rings. The summed E-state index contributed by atoms with van der Waals surface area (Å²) in [6, 6.07) is 0. The highest BCUT2D eigenvalue weighted by molar-refractivity contribution is 9.25. The molecular weight excluding hydrogens is 420 g/mol. The van der Waals surface area contributed by atoms with E-state index in [2.05, 4.69) is 63.7 Å². The molecule has 0 aromatic carbocycles. The molecule has 5 heteroatoms. The lowest BCUT2D eigenvalue weighted by Crippen LogP contribution is -2.19. The van der Waals surface area contributed by atoms with Crippen molar-refractivity contribution in [2.45, 2.75) is 10.2 Å². The molecule has 66 valence electrons. The molecule has 0 aliphatic heterocycles. The first-order valence-electron chi connectivity index (χ1n) is 3.04. The predicted molar refractivity (Wildman–Crippen MR) is 64.2 cm³/mol. The van der Waals surface area contributed by atoms with E-state index in [1.165, 1.54) is 0 Å². The normalized spacial score (nSPS) is 22.8. The van der Waals surface area contributed by atoms with E-state index in [4.69, 9.17) is 0 Å². The van der Waals surface area contributed by atoms with E-state index in [1.807, 2.05) is 6.92 Å². The third kappa shape index (κ3) is 1.94. The van der Waals surface area contributed by atoms with Crippen LogP contribution in [-0.2, 0) is 4.79 Å². The van der Waals surface area contributed by atoms with E-state index in [0.29, 0.717) is 8.96 Å². The van der Waals surface area contributed by atoms with E-state index in [-0.39, 0.29) is 5.78 Å². The molecule has 0 bridgehead atoms. The van der Waals surface area contributed by atoms with Gasteiger partial charge in [-0.15, -0.1) is 0 Å².